The first-order valence-electron chi connectivity index (χ1n) is 7.85. The molecule has 0 saturated heterocycles. The van der Waals surface area contributed by atoms with E-state index in [2.05, 4.69) is 19.2 Å². The fraction of sp³-hybridized carbons (Fsp3) is 0.647. The lowest BCUT2D eigenvalue weighted by Crippen LogP contribution is -2.32. The predicted octanol–water partition coefficient (Wildman–Crippen LogP) is 5.87. The van der Waals surface area contributed by atoms with Gasteiger partial charge in [0, 0.05) is 16.1 Å². The lowest BCUT2D eigenvalue weighted by molar-refractivity contribution is 0.453. The van der Waals surface area contributed by atoms with Gasteiger partial charge >= 0.3 is 0 Å². The van der Waals surface area contributed by atoms with Crippen molar-refractivity contribution in [3.8, 4) is 0 Å². The number of hydrogen-bond acceptors (Lipinski definition) is 1. The molecule has 1 unspecified atom stereocenters. The summed E-state index contributed by atoms with van der Waals surface area (Å²) in [6.45, 7) is 5.50. The molecule has 0 heterocycles. The number of rotatable bonds is 10. The van der Waals surface area contributed by atoms with E-state index in [1.165, 1.54) is 32.1 Å². The van der Waals surface area contributed by atoms with Gasteiger partial charge in [-0.15, -0.1) is 0 Å². The molecule has 0 aliphatic rings. The van der Waals surface area contributed by atoms with Crippen molar-refractivity contribution in [1.29, 1.82) is 0 Å². The molecule has 1 nitrogen and oxygen atoms in total. The quantitative estimate of drug-likeness (QED) is 0.532. The normalized spacial score (nSPS) is 12.6. The zero-order valence-corrected chi connectivity index (χ0v) is 14.2. The Morgan fingerprint density at radius 3 is 2.30 bits per heavy atom. The van der Waals surface area contributed by atoms with E-state index < -0.39 is 0 Å². The van der Waals surface area contributed by atoms with Crippen molar-refractivity contribution >= 4 is 23.2 Å². The van der Waals surface area contributed by atoms with E-state index in [-0.39, 0.29) is 0 Å². The Hall–Kier alpha value is -0.240. The van der Waals surface area contributed by atoms with Crippen molar-refractivity contribution in [2.24, 2.45) is 0 Å². The van der Waals surface area contributed by atoms with Crippen molar-refractivity contribution in [2.75, 3.05) is 6.54 Å². The minimum atomic E-state index is 0.476. The minimum absolute atomic E-state index is 0.476. The second-order valence-corrected chi connectivity index (χ2v) is 6.22. The number of nitrogens with one attached hydrogen (secondary N) is 1. The molecule has 0 fully saturated rings. The molecular formula is C17H27Cl2N. The van der Waals surface area contributed by atoms with E-state index in [4.69, 9.17) is 23.2 Å². The summed E-state index contributed by atoms with van der Waals surface area (Å²) >= 11 is 12.6. The molecule has 20 heavy (non-hydrogen) atoms. The van der Waals surface area contributed by atoms with Crippen LogP contribution in [0.3, 0.4) is 0 Å². The van der Waals surface area contributed by atoms with Gasteiger partial charge < -0.3 is 5.32 Å². The van der Waals surface area contributed by atoms with Gasteiger partial charge in [-0.05, 0) is 43.5 Å². The molecule has 114 valence electrons. The van der Waals surface area contributed by atoms with Crippen LogP contribution in [0, 0.1) is 0 Å². The Morgan fingerprint density at radius 1 is 1.00 bits per heavy atom. The first-order valence-corrected chi connectivity index (χ1v) is 8.60. The van der Waals surface area contributed by atoms with Gasteiger partial charge in [0.05, 0.1) is 0 Å². The molecule has 1 atom stereocenters. The second-order valence-electron chi connectivity index (χ2n) is 5.40. The second kappa shape index (κ2) is 10.5. The van der Waals surface area contributed by atoms with Crippen molar-refractivity contribution in [3.63, 3.8) is 0 Å². The van der Waals surface area contributed by atoms with Gasteiger partial charge in [-0.1, -0.05) is 68.8 Å². The number of halogens is 2. The summed E-state index contributed by atoms with van der Waals surface area (Å²) < 4.78 is 0. The topological polar surface area (TPSA) is 12.0 Å². The average molecular weight is 316 g/mol. The van der Waals surface area contributed by atoms with Crippen molar-refractivity contribution < 1.29 is 0 Å². The molecule has 0 saturated carbocycles. The van der Waals surface area contributed by atoms with Crippen LogP contribution in [0.25, 0.3) is 0 Å². The fourth-order valence-corrected chi connectivity index (χ4v) is 2.97. The molecule has 1 N–H and O–H groups in total. The average Bonchev–Trinajstić information content (AvgIpc) is 2.44. The highest BCUT2D eigenvalue weighted by Gasteiger charge is 2.13. The van der Waals surface area contributed by atoms with Crippen LogP contribution >= 0.6 is 23.2 Å². The molecule has 0 amide bonds. The first-order chi connectivity index (χ1) is 9.69. The molecule has 0 radical (unpaired) electrons. The molecule has 1 aromatic rings. The molecule has 0 spiro atoms. The summed E-state index contributed by atoms with van der Waals surface area (Å²) in [5.74, 6) is 0. The molecule has 1 aromatic carbocycles. The third kappa shape index (κ3) is 6.47. The van der Waals surface area contributed by atoms with Crippen LogP contribution < -0.4 is 5.32 Å². The van der Waals surface area contributed by atoms with Crippen LogP contribution in [0.2, 0.25) is 10.0 Å². The van der Waals surface area contributed by atoms with E-state index in [1.807, 2.05) is 18.2 Å². The van der Waals surface area contributed by atoms with Crippen LogP contribution in [0.4, 0.5) is 0 Å². The summed E-state index contributed by atoms with van der Waals surface area (Å²) in [5.41, 5.74) is 1.08. The highest BCUT2D eigenvalue weighted by molar-refractivity contribution is 6.35. The Morgan fingerprint density at radius 2 is 1.70 bits per heavy atom. The Labute approximate surface area is 134 Å². The minimum Gasteiger partial charge on any atom is -0.314 e. The van der Waals surface area contributed by atoms with E-state index in [0.29, 0.717) is 6.04 Å². The smallest absolute Gasteiger partial charge is 0.0453 e. The third-order valence-electron chi connectivity index (χ3n) is 3.60. The zero-order valence-electron chi connectivity index (χ0n) is 12.7. The summed E-state index contributed by atoms with van der Waals surface area (Å²) in [4.78, 5) is 0. The van der Waals surface area contributed by atoms with Crippen LogP contribution in [-0.2, 0) is 6.42 Å². The van der Waals surface area contributed by atoms with Crippen LogP contribution in [-0.4, -0.2) is 12.6 Å². The van der Waals surface area contributed by atoms with Crippen molar-refractivity contribution in [2.45, 2.75) is 64.8 Å². The van der Waals surface area contributed by atoms with Crippen molar-refractivity contribution in [3.05, 3.63) is 33.8 Å². The highest BCUT2D eigenvalue weighted by atomic mass is 35.5. The monoisotopic (exact) mass is 315 g/mol. The van der Waals surface area contributed by atoms with Crippen LogP contribution in [0.5, 0.6) is 0 Å². The SMILES string of the molecule is CCCCCCC(Cc1c(Cl)cccc1Cl)NCCC. The Bertz CT molecular complexity index is 359. The Kier molecular flexibility index (Phi) is 9.33. The summed E-state index contributed by atoms with van der Waals surface area (Å²) in [5, 5.41) is 5.20. The van der Waals surface area contributed by atoms with Crippen LogP contribution in [0.15, 0.2) is 18.2 Å². The highest BCUT2D eigenvalue weighted by Crippen LogP contribution is 2.26. The lowest BCUT2D eigenvalue weighted by atomic mass is 9.99. The number of benzene rings is 1. The van der Waals surface area contributed by atoms with Gasteiger partial charge in [0.25, 0.3) is 0 Å². The maximum atomic E-state index is 6.28. The van der Waals surface area contributed by atoms with Gasteiger partial charge in [-0.2, -0.15) is 0 Å². The van der Waals surface area contributed by atoms with E-state index in [0.717, 1.165) is 35.0 Å². The van der Waals surface area contributed by atoms with Gasteiger partial charge in [0.15, 0.2) is 0 Å². The maximum absolute atomic E-state index is 6.28. The molecule has 0 bridgehead atoms. The third-order valence-corrected chi connectivity index (χ3v) is 4.31. The first kappa shape index (κ1) is 17.8. The molecular weight excluding hydrogens is 289 g/mol. The van der Waals surface area contributed by atoms with E-state index in [1.54, 1.807) is 0 Å². The van der Waals surface area contributed by atoms with Gasteiger partial charge in [-0.25, -0.2) is 0 Å². The van der Waals surface area contributed by atoms with Gasteiger partial charge in [0.1, 0.15) is 0 Å². The summed E-state index contributed by atoms with van der Waals surface area (Å²) in [6, 6.07) is 6.24. The number of hydrogen-bond donors (Lipinski definition) is 1. The predicted molar refractivity (Wildman–Crippen MR) is 91.0 cm³/mol. The maximum Gasteiger partial charge on any atom is 0.0453 e. The molecule has 0 aliphatic heterocycles. The summed E-state index contributed by atoms with van der Waals surface area (Å²) in [7, 11) is 0. The zero-order chi connectivity index (χ0) is 14.8. The van der Waals surface area contributed by atoms with Gasteiger partial charge in [0.2, 0.25) is 0 Å². The standard InChI is InChI=1S/C17H27Cl2N/c1-3-5-6-7-9-14(20-12-4-2)13-15-16(18)10-8-11-17(15)19/h8,10-11,14,20H,3-7,9,12-13H2,1-2H3. The molecule has 0 aromatic heterocycles. The van der Waals surface area contributed by atoms with E-state index >= 15 is 0 Å². The summed E-state index contributed by atoms with van der Waals surface area (Å²) in [6.07, 6.45) is 8.47. The Balaban J connectivity index is 2.58. The molecule has 0 aliphatic carbocycles. The van der Waals surface area contributed by atoms with Crippen molar-refractivity contribution in [1.82, 2.24) is 5.32 Å². The fourth-order valence-electron chi connectivity index (χ4n) is 2.42. The van der Waals surface area contributed by atoms with E-state index in [9.17, 15) is 0 Å². The molecule has 1 rings (SSSR count). The molecule has 3 heteroatoms. The lowest BCUT2D eigenvalue weighted by Gasteiger charge is -2.20. The number of unbranched alkanes of at least 4 members (excludes halogenated alkanes) is 3. The van der Waals surface area contributed by atoms with Crippen LogP contribution in [0.1, 0.15) is 57.9 Å². The van der Waals surface area contributed by atoms with Gasteiger partial charge in [-0.3, -0.25) is 0 Å². The largest absolute Gasteiger partial charge is 0.314 e.